The maximum absolute atomic E-state index is 14.8. The molecule has 1 aliphatic carbocycles. The Balaban J connectivity index is 0.897. The first-order chi connectivity index (χ1) is 24.2. The van der Waals surface area contributed by atoms with Crippen molar-refractivity contribution in [2.75, 3.05) is 42.1 Å². The number of pyridine rings is 2. The minimum Gasteiger partial charge on any atom is -0.368 e. The van der Waals surface area contributed by atoms with E-state index in [4.69, 9.17) is 0 Å². The summed E-state index contributed by atoms with van der Waals surface area (Å²) in [7, 11) is 2.86. The van der Waals surface area contributed by atoms with Crippen molar-refractivity contribution >= 4 is 61.9 Å². The second kappa shape index (κ2) is 16.0. The van der Waals surface area contributed by atoms with Gasteiger partial charge in [-0.2, -0.15) is 0 Å². The third-order valence-electron chi connectivity index (χ3n) is 8.21. The van der Waals surface area contributed by atoms with Crippen LogP contribution in [0.25, 0.3) is 5.57 Å². The fraction of sp³-hybridized carbons (Fsp3) is 0.229. The Morgan fingerprint density at radius 3 is 2.48 bits per heavy atom. The summed E-state index contributed by atoms with van der Waals surface area (Å²) in [6, 6.07) is 18.2. The first kappa shape index (κ1) is 34.6. The molecule has 0 radical (unpaired) electrons. The number of halogens is 1. The summed E-state index contributed by atoms with van der Waals surface area (Å²) < 4.78 is 14.8. The molecule has 1 aliphatic heterocycles. The molecule has 0 spiro atoms. The van der Waals surface area contributed by atoms with E-state index in [1.807, 2.05) is 29.2 Å². The number of rotatable bonds is 13. The molecule has 256 valence electrons. The minimum absolute atomic E-state index is 0.0168. The van der Waals surface area contributed by atoms with Crippen molar-refractivity contribution in [3.05, 3.63) is 124 Å². The zero-order valence-electron chi connectivity index (χ0n) is 26.7. The van der Waals surface area contributed by atoms with E-state index in [-0.39, 0.29) is 35.9 Å². The van der Waals surface area contributed by atoms with Gasteiger partial charge in [0.05, 0.1) is 10.8 Å². The van der Waals surface area contributed by atoms with Crippen LogP contribution in [-0.4, -0.2) is 69.4 Å². The molecule has 1 atom stereocenters. The molecule has 3 heterocycles. The van der Waals surface area contributed by atoms with Gasteiger partial charge < -0.3 is 20.4 Å². The maximum atomic E-state index is 14.8. The van der Waals surface area contributed by atoms with Crippen molar-refractivity contribution in [3.8, 4) is 0 Å². The molecule has 1 fully saturated rings. The molecular weight excluding hydrogens is 682 g/mol. The summed E-state index contributed by atoms with van der Waals surface area (Å²) in [6.07, 6.45) is 6.79. The van der Waals surface area contributed by atoms with E-state index in [1.165, 1.54) is 46.0 Å². The van der Waals surface area contributed by atoms with Crippen LogP contribution in [0.15, 0.2) is 96.4 Å². The smallest absolute Gasteiger partial charge is 0.287 e. The Morgan fingerprint density at radius 1 is 1.00 bits per heavy atom. The highest BCUT2D eigenvalue weighted by atomic mass is 33.1. The van der Waals surface area contributed by atoms with E-state index < -0.39 is 10.7 Å². The van der Waals surface area contributed by atoms with Crippen LogP contribution in [0, 0.1) is 21.8 Å². The summed E-state index contributed by atoms with van der Waals surface area (Å²) in [5, 5.41) is 16.9. The van der Waals surface area contributed by atoms with Crippen LogP contribution in [0.4, 0.5) is 21.5 Å². The highest BCUT2D eigenvalue weighted by molar-refractivity contribution is 8.76. The molecular formula is C35H32FN7O5S2. The predicted molar refractivity (Wildman–Crippen MR) is 191 cm³/mol. The molecule has 2 N–H and O–H groups in total. The highest BCUT2D eigenvalue weighted by Gasteiger charge is 2.33. The molecule has 2 aliphatic rings. The van der Waals surface area contributed by atoms with Crippen LogP contribution in [0.1, 0.15) is 27.9 Å². The Hall–Kier alpha value is -5.28. The SMILES string of the molecule is O=C(NCc1ccc(NC(=O)[C@H]2C=C2c2cccnc2)cc1F)c1ccc(N2CCN(C(=O)CCSSc3ccc([N+](=O)[O-])cn3)CC2)cc1. The largest absolute Gasteiger partial charge is 0.368 e. The number of amides is 3. The Bertz CT molecular complexity index is 1910. The average molecular weight is 714 g/mol. The van der Waals surface area contributed by atoms with E-state index in [0.717, 1.165) is 16.8 Å². The number of nitro groups is 1. The molecule has 2 aromatic heterocycles. The fourth-order valence-electron chi connectivity index (χ4n) is 5.38. The molecule has 0 saturated carbocycles. The number of aromatic nitrogens is 2. The quantitative estimate of drug-likeness (QED) is 0.0778. The number of hydrogen-bond acceptors (Lipinski definition) is 10. The molecule has 12 nitrogen and oxygen atoms in total. The van der Waals surface area contributed by atoms with E-state index in [1.54, 1.807) is 42.7 Å². The Kier molecular flexibility index (Phi) is 11.0. The van der Waals surface area contributed by atoms with E-state index >= 15 is 0 Å². The molecule has 6 rings (SSSR count). The number of nitrogens with one attached hydrogen (secondary N) is 2. The highest BCUT2D eigenvalue weighted by Crippen LogP contribution is 2.38. The topological polar surface area (TPSA) is 151 Å². The normalized spacial score (nSPS) is 15.2. The third-order valence-corrected chi connectivity index (χ3v) is 10.5. The molecule has 3 amide bonds. The van der Waals surface area contributed by atoms with Crippen LogP contribution in [0.2, 0.25) is 0 Å². The number of benzene rings is 2. The Morgan fingerprint density at radius 2 is 1.80 bits per heavy atom. The molecule has 4 aromatic rings. The number of anilines is 2. The summed E-state index contributed by atoms with van der Waals surface area (Å²) in [4.78, 5) is 60.5. The average Bonchev–Trinajstić information content (AvgIpc) is 3.95. The van der Waals surface area contributed by atoms with Crippen molar-refractivity contribution in [2.24, 2.45) is 5.92 Å². The van der Waals surface area contributed by atoms with Crippen LogP contribution in [-0.2, 0) is 16.1 Å². The Labute approximate surface area is 295 Å². The van der Waals surface area contributed by atoms with Crippen LogP contribution in [0.5, 0.6) is 0 Å². The van der Waals surface area contributed by atoms with Crippen molar-refractivity contribution in [1.82, 2.24) is 20.2 Å². The first-order valence-electron chi connectivity index (χ1n) is 15.8. The minimum atomic E-state index is -0.537. The standard InChI is InChI=1S/C35H32FN7O5S2/c36-31-18-26(40-35(46)30-19-29(30)24-2-1-12-37-20-24)6-3-25(31)21-39-34(45)23-4-7-27(8-5-23)41-13-15-42(16-14-41)33(44)11-17-49-50-32-10-9-28(22-38-32)43(47)48/h1-10,12,18-20,22,30H,11,13-17,21H2,(H,39,45)(H,40,46)/t30-/m0/s1. The maximum Gasteiger partial charge on any atom is 0.287 e. The van der Waals surface area contributed by atoms with Gasteiger partial charge in [0.1, 0.15) is 17.0 Å². The summed E-state index contributed by atoms with van der Waals surface area (Å²) >= 11 is 0. The second-order valence-corrected chi connectivity index (χ2v) is 13.9. The molecule has 15 heteroatoms. The fourth-order valence-corrected chi connectivity index (χ4v) is 7.22. The van der Waals surface area contributed by atoms with Crippen LogP contribution >= 0.6 is 21.6 Å². The third kappa shape index (κ3) is 8.84. The number of carbonyl (C=O) groups is 3. The summed E-state index contributed by atoms with van der Waals surface area (Å²) in [5.41, 5.74) is 3.71. The van der Waals surface area contributed by atoms with Gasteiger partial charge in [-0.3, -0.25) is 29.5 Å². The molecule has 0 unspecified atom stereocenters. The molecule has 50 heavy (non-hydrogen) atoms. The zero-order valence-corrected chi connectivity index (χ0v) is 28.3. The van der Waals surface area contributed by atoms with Gasteiger partial charge in [-0.15, -0.1) is 0 Å². The lowest BCUT2D eigenvalue weighted by molar-refractivity contribution is -0.385. The van der Waals surface area contributed by atoms with Crippen molar-refractivity contribution in [2.45, 2.75) is 18.0 Å². The van der Waals surface area contributed by atoms with Gasteiger partial charge in [-0.05, 0) is 70.5 Å². The molecule has 1 saturated heterocycles. The van der Waals surface area contributed by atoms with Gasteiger partial charge in [0.25, 0.3) is 11.6 Å². The zero-order chi connectivity index (χ0) is 35.0. The number of piperazine rings is 1. The van der Waals surface area contributed by atoms with Crippen molar-refractivity contribution < 1.29 is 23.7 Å². The van der Waals surface area contributed by atoms with Gasteiger partial charge in [-0.1, -0.05) is 29.0 Å². The monoisotopic (exact) mass is 713 g/mol. The van der Waals surface area contributed by atoms with Crippen LogP contribution < -0.4 is 15.5 Å². The van der Waals surface area contributed by atoms with Crippen molar-refractivity contribution in [3.63, 3.8) is 0 Å². The van der Waals surface area contributed by atoms with Gasteiger partial charge in [0, 0.05) is 85.9 Å². The molecule has 0 bridgehead atoms. The summed E-state index contributed by atoms with van der Waals surface area (Å²) in [5.74, 6) is -0.830. The number of hydrogen-bond donors (Lipinski definition) is 2. The molecule has 2 aromatic carbocycles. The van der Waals surface area contributed by atoms with Gasteiger partial charge >= 0.3 is 0 Å². The van der Waals surface area contributed by atoms with Gasteiger partial charge in [0.15, 0.2) is 0 Å². The second-order valence-electron chi connectivity index (χ2n) is 11.5. The number of carbonyl (C=O) groups excluding carboxylic acids is 3. The summed E-state index contributed by atoms with van der Waals surface area (Å²) in [6.45, 7) is 2.47. The van der Waals surface area contributed by atoms with Crippen LogP contribution in [0.3, 0.4) is 0 Å². The lowest BCUT2D eigenvalue weighted by Gasteiger charge is -2.36. The van der Waals surface area contributed by atoms with Gasteiger partial charge in [0.2, 0.25) is 11.8 Å². The van der Waals surface area contributed by atoms with Crippen molar-refractivity contribution in [1.29, 1.82) is 0 Å². The van der Waals surface area contributed by atoms with E-state index in [2.05, 4.69) is 25.5 Å². The lowest BCUT2D eigenvalue weighted by Crippen LogP contribution is -2.48. The predicted octanol–water partition coefficient (Wildman–Crippen LogP) is 5.59. The first-order valence-corrected chi connectivity index (χ1v) is 18.1. The van der Waals surface area contributed by atoms with E-state index in [9.17, 15) is 28.9 Å². The van der Waals surface area contributed by atoms with Gasteiger partial charge in [-0.25, -0.2) is 9.37 Å². The lowest BCUT2D eigenvalue weighted by atomic mass is 10.1. The number of nitrogens with zero attached hydrogens (tertiary/aromatic N) is 5. The van der Waals surface area contributed by atoms with E-state index in [0.29, 0.717) is 60.2 Å².